The van der Waals surface area contributed by atoms with Gasteiger partial charge >= 0.3 is 0 Å². The van der Waals surface area contributed by atoms with Crippen LogP contribution in [0.3, 0.4) is 0 Å². The summed E-state index contributed by atoms with van der Waals surface area (Å²) in [5.74, 6) is -0.333. The Morgan fingerprint density at radius 1 is 1.15 bits per heavy atom. The summed E-state index contributed by atoms with van der Waals surface area (Å²) in [4.78, 5) is 14.4. The molecule has 4 rings (SSSR count). The van der Waals surface area contributed by atoms with E-state index in [9.17, 15) is 9.18 Å². The van der Waals surface area contributed by atoms with Crippen molar-refractivity contribution in [2.75, 3.05) is 32.0 Å². The third-order valence-electron chi connectivity index (χ3n) is 5.30. The molecule has 2 aromatic carbocycles. The summed E-state index contributed by atoms with van der Waals surface area (Å²) < 4.78 is 25.1. The van der Waals surface area contributed by atoms with E-state index in [1.807, 2.05) is 0 Å². The lowest BCUT2D eigenvalue weighted by Crippen LogP contribution is -2.40. The van der Waals surface area contributed by atoms with Gasteiger partial charge in [0.05, 0.1) is 23.9 Å². The molecule has 0 bridgehead atoms. The van der Waals surface area contributed by atoms with Gasteiger partial charge in [0.2, 0.25) is 0 Å². The van der Waals surface area contributed by atoms with Gasteiger partial charge in [0.15, 0.2) is 11.6 Å². The summed E-state index contributed by atoms with van der Waals surface area (Å²) in [5, 5.41) is 8.25. The zero-order valence-electron chi connectivity index (χ0n) is 17.7. The first-order chi connectivity index (χ1) is 15.8. The minimum atomic E-state index is -0.700. The third-order valence-corrected chi connectivity index (χ3v) is 6.02. The Morgan fingerprint density at radius 2 is 1.85 bits per heavy atom. The fraction of sp³-hybridized carbons (Fsp3) is 0.261. The average molecular weight is 491 g/mol. The molecule has 2 heterocycles. The molecule has 1 saturated heterocycles. The highest BCUT2D eigenvalue weighted by atomic mass is 35.5. The lowest BCUT2D eigenvalue weighted by atomic mass is 10.1. The lowest BCUT2D eigenvalue weighted by Gasteiger charge is -2.26. The highest BCUT2D eigenvalue weighted by Gasteiger charge is 2.21. The first kappa shape index (κ1) is 23.2. The number of carbonyl (C=O) groups excluding carboxylic acids is 1. The van der Waals surface area contributed by atoms with Gasteiger partial charge in [-0.1, -0.05) is 35.3 Å². The van der Waals surface area contributed by atoms with Gasteiger partial charge in [-0.2, -0.15) is 0 Å². The van der Waals surface area contributed by atoms with E-state index in [-0.39, 0.29) is 27.5 Å². The molecule has 2 N–H and O–H groups in total. The first-order valence-electron chi connectivity index (χ1n) is 10.3. The molecule has 1 unspecified atom stereocenters. The predicted molar refractivity (Wildman–Crippen MR) is 124 cm³/mol. The Bertz CT molecular complexity index is 1170. The van der Waals surface area contributed by atoms with E-state index in [4.69, 9.17) is 38.4 Å². The number of nitrogens with zero attached hydrogens (tertiary/aromatic N) is 3. The summed E-state index contributed by atoms with van der Waals surface area (Å²) in [6.07, 6.45) is -0.700. The summed E-state index contributed by atoms with van der Waals surface area (Å²) in [7, 11) is 0. The number of rotatable bonds is 5. The van der Waals surface area contributed by atoms with Crippen molar-refractivity contribution in [3.63, 3.8) is 0 Å². The molecule has 1 aliphatic heterocycles. The quantitative estimate of drug-likeness (QED) is 0.517. The van der Waals surface area contributed by atoms with Gasteiger partial charge in [-0.3, -0.25) is 4.79 Å². The van der Waals surface area contributed by atoms with E-state index < -0.39 is 11.9 Å². The summed E-state index contributed by atoms with van der Waals surface area (Å²) in [6.45, 7) is 3.90. The first-order valence-corrected chi connectivity index (χ1v) is 11.0. The number of nitrogen functional groups attached to an aromatic ring is 1. The largest absolute Gasteiger partial charge is 0.482 e. The molecule has 33 heavy (non-hydrogen) atoms. The fourth-order valence-corrected chi connectivity index (χ4v) is 4.19. The number of aromatic nitrogens is 2. The molecular weight excluding hydrogens is 470 g/mol. The second-order valence-electron chi connectivity index (χ2n) is 7.48. The number of hydrogen-bond donors (Lipinski definition) is 1. The number of nitrogens with two attached hydrogens (primary N) is 1. The minimum Gasteiger partial charge on any atom is -0.482 e. The van der Waals surface area contributed by atoms with Gasteiger partial charge in [-0.25, -0.2) is 4.39 Å². The van der Waals surface area contributed by atoms with Crippen molar-refractivity contribution in [2.24, 2.45) is 0 Å². The molecule has 172 valence electrons. The molecule has 1 amide bonds. The summed E-state index contributed by atoms with van der Waals surface area (Å²) >= 11 is 12.3. The molecule has 1 fully saturated rings. The van der Waals surface area contributed by atoms with Crippen molar-refractivity contribution in [1.29, 1.82) is 0 Å². The SMILES string of the molecule is CC(Oc1cc(-c2ccc(C(=O)N3CCOCC3)cc2)nnc1N)c1c(Cl)ccc(F)c1Cl. The Hall–Kier alpha value is -2.94. The number of benzene rings is 2. The van der Waals surface area contributed by atoms with E-state index in [1.165, 1.54) is 12.1 Å². The van der Waals surface area contributed by atoms with Gasteiger partial charge in [-0.15, -0.1) is 10.2 Å². The Labute approximate surface area is 200 Å². The van der Waals surface area contributed by atoms with E-state index in [2.05, 4.69) is 10.2 Å². The predicted octanol–water partition coefficient (Wildman–Crippen LogP) is 4.78. The number of amides is 1. The molecular formula is C23H21Cl2FN4O3. The number of anilines is 1. The van der Waals surface area contributed by atoms with Crippen LogP contribution < -0.4 is 10.5 Å². The van der Waals surface area contributed by atoms with Crippen LogP contribution in [0.1, 0.15) is 28.9 Å². The lowest BCUT2D eigenvalue weighted by molar-refractivity contribution is 0.0303. The smallest absolute Gasteiger partial charge is 0.254 e. The van der Waals surface area contributed by atoms with Crippen LogP contribution in [0.25, 0.3) is 11.3 Å². The van der Waals surface area contributed by atoms with Crippen molar-refractivity contribution in [3.05, 3.63) is 69.5 Å². The molecule has 10 heteroatoms. The fourth-order valence-electron chi connectivity index (χ4n) is 3.52. The Morgan fingerprint density at radius 3 is 2.55 bits per heavy atom. The second kappa shape index (κ2) is 9.91. The zero-order valence-corrected chi connectivity index (χ0v) is 19.2. The molecule has 1 aliphatic rings. The van der Waals surface area contributed by atoms with Crippen LogP contribution in [0.2, 0.25) is 10.0 Å². The standard InChI is InChI=1S/C23H21Cl2FN4O3/c1-13(20-16(24)6-7-17(26)21(20)25)33-19-12-18(28-29-22(19)27)14-2-4-15(5-3-14)23(31)30-8-10-32-11-9-30/h2-7,12-13H,8-11H2,1H3,(H2,27,29). The maximum absolute atomic E-state index is 13.9. The van der Waals surface area contributed by atoms with E-state index >= 15 is 0 Å². The van der Waals surface area contributed by atoms with Gasteiger partial charge in [0.25, 0.3) is 5.91 Å². The van der Waals surface area contributed by atoms with E-state index in [0.29, 0.717) is 43.1 Å². The van der Waals surface area contributed by atoms with Gasteiger partial charge in [-0.05, 0) is 31.2 Å². The molecule has 0 radical (unpaired) electrons. The topological polar surface area (TPSA) is 90.6 Å². The molecule has 1 atom stereocenters. The number of hydrogen-bond acceptors (Lipinski definition) is 6. The van der Waals surface area contributed by atoms with Crippen LogP contribution in [-0.4, -0.2) is 47.3 Å². The number of ether oxygens (including phenoxy) is 2. The maximum Gasteiger partial charge on any atom is 0.254 e. The van der Waals surface area contributed by atoms with E-state index in [0.717, 1.165) is 5.56 Å². The van der Waals surface area contributed by atoms with Gasteiger partial charge in [0.1, 0.15) is 11.9 Å². The van der Waals surface area contributed by atoms with Crippen LogP contribution in [-0.2, 0) is 4.74 Å². The number of carbonyl (C=O) groups is 1. The van der Waals surface area contributed by atoms with Crippen LogP contribution in [0.5, 0.6) is 5.75 Å². The summed E-state index contributed by atoms with van der Waals surface area (Å²) in [6, 6.07) is 11.3. The van der Waals surface area contributed by atoms with Crippen molar-refractivity contribution >= 4 is 34.9 Å². The number of morpholine rings is 1. The van der Waals surface area contributed by atoms with Crippen LogP contribution in [0.15, 0.2) is 42.5 Å². The molecule has 0 aliphatic carbocycles. The third kappa shape index (κ3) is 5.03. The van der Waals surface area contributed by atoms with Crippen molar-refractivity contribution < 1.29 is 18.7 Å². The van der Waals surface area contributed by atoms with Crippen molar-refractivity contribution in [3.8, 4) is 17.0 Å². The van der Waals surface area contributed by atoms with Crippen molar-refractivity contribution in [1.82, 2.24) is 15.1 Å². The minimum absolute atomic E-state index is 0.0464. The normalized spacial score (nSPS) is 14.7. The molecule has 0 spiro atoms. The Kier molecular flexibility index (Phi) is 6.97. The monoisotopic (exact) mass is 490 g/mol. The van der Waals surface area contributed by atoms with Gasteiger partial charge in [0, 0.05) is 40.9 Å². The maximum atomic E-state index is 13.9. The molecule has 1 aromatic heterocycles. The number of halogens is 3. The second-order valence-corrected chi connectivity index (χ2v) is 8.26. The Balaban J connectivity index is 1.55. The van der Waals surface area contributed by atoms with Crippen LogP contribution >= 0.6 is 23.2 Å². The van der Waals surface area contributed by atoms with E-state index in [1.54, 1.807) is 42.2 Å². The molecule has 7 nitrogen and oxygen atoms in total. The zero-order chi connectivity index (χ0) is 23.5. The van der Waals surface area contributed by atoms with Crippen molar-refractivity contribution in [2.45, 2.75) is 13.0 Å². The van der Waals surface area contributed by atoms with Crippen LogP contribution in [0, 0.1) is 5.82 Å². The average Bonchev–Trinajstić information content (AvgIpc) is 2.83. The van der Waals surface area contributed by atoms with Crippen LogP contribution in [0.4, 0.5) is 10.2 Å². The molecule has 0 saturated carbocycles. The molecule has 3 aromatic rings. The summed E-state index contributed by atoms with van der Waals surface area (Å²) in [5.41, 5.74) is 8.04. The highest BCUT2D eigenvalue weighted by Crippen LogP contribution is 2.36. The van der Waals surface area contributed by atoms with Gasteiger partial charge < -0.3 is 20.1 Å². The highest BCUT2D eigenvalue weighted by molar-refractivity contribution is 6.36.